The predicted octanol–water partition coefficient (Wildman–Crippen LogP) is 4.28. The standard InChI is InChI=1S/C26H39N5O3S3/c1-29(2)17-23-6-7-24(34-23)20-37-14-10-28-26(18-31(32)33)27-9-13-36-19-22-15-21(5-8-25(22)35)16-30-11-3-4-12-30/h5-7,15,18,27-28H,3-4,8-14,16-17,19-20H2,1-2H3. The predicted molar refractivity (Wildman–Crippen MR) is 160 cm³/mol. The van der Waals surface area contributed by atoms with Crippen LogP contribution in [0.1, 0.15) is 30.8 Å². The molecule has 37 heavy (non-hydrogen) atoms. The van der Waals surface area contributed by atoms with Gasteiger partial charge in [0.15, 0.2) is 5.82 Å². The Morgan fingerprint density at radius 1 is 1.16 bits per heavy atom. The number of thioether (sulfide) groups is 2. The van der Waals surface area contributed by atoms with Crippen LogP contribution in [0.25, 0.3) is 0 Å². The molecule has 0 saturated carbocycles. The van der Waals surface area contributed by atoms with Crippen molar-refractivity contribution in [3.05, 3.63) is 69.1 Å². The number of rotatable bonds is 17. The molecule has 2 N–H and O–H groups in total. The minimum Gasteiger partial charge on any atom is -0.464 e. The molecule has 0 spiro atoms. The van der Waals surface area contributed by atoms with Crippen LogP contribution in [0, 0.1) is 10.1 Å². The van der Waals surface area contributed by atoms with E-state index in [9.17, 15) is 10.1 Å². The third-order valence-corrected chi connectivity index (χ3v) is 8.34. The Balaban J connectivity index is 1.31. The van der Waals surface area contributed by atoms with Gasteiger partial charge < -0.3 is 20.0 Å². The number of thiocarbonyl (C=S) groups is 1. The van der Waals surface area contributed by atoms with Crippen LogP contribution in [-0.4, -0.2) is 83.7 Å². The van der Waals surface area contributed by atoms with Crippen molar-refractivity contribution in [1.29, 1.82) is 0 Å². The maximum Gasteiger partial charge on any atom is 0.274 e. The van der Waals surface area contributed by atoms with Gasteiger partial charge in [0.2, 0.25) is 0 Å². The maximum atomic E-state index is 11.0. The number of nitrogens with one attached hydrogen (secondary N) is 2. The lowest BCUT2D eigenvalue weighted by molar-refractivity contribution is -0.404. The van der Waals surface area contributed by atoms with Crippen molar-refractivity contribution < 1.29 is 9.34 Å². The Morgan fingerprint density at radius 3 is 2.51 bits per heavy atom. The Kier molecular flexibility index (Phi) is 13.1. The van der Waals surface area contributed by atoms with Crippen LogP contribution in [0.3, 0.4) is 0 Å². The summed E-state index contributed by atoms with van der Waals surface area (Å²) in [5, 5.41) is 17.4. The first-order valence-corrected chi connectivity index (χ1v) is 15.5. The first kappa shape index (κ1) is 29.8. The van der Waals surface area contributed by atoms with Crippen LogP contribution in [0.15, 0.2) is 51.9 Å². The van der Waals surface area contributed by atoms with Crippen molar-refractivity contribution in [3.63, 3.8) is 0 Å². The quantitative estimate of drug-likeness (QED) is 0.123. The molecular formula is C26H39N5O3S3. The summed E-state index contributed by atoms with van der Waals surface area (Å²) >= 11 is 9.12. The number of hydrogen-bond acceptors (Lipinski definition) is 10. The van der Waals surface area contributed by atoms with E-state index in [0.29, 0.717) is 18.9 Å². The van der Waals surface area contributed by atoms with E-state index in [4.69, 9.17) is 16.6 Å². The van der Waals surface area contributed by atoms with Gasteiger partial charge in [0, 0.05) is 48.2 Å². The highest BCUT2D eigenvalue weighted by Crippen LogP contribution is 2.22. The molecule has 0 radical (unpaired) electrons. The highest BCUT2D eigenvalue weighted by Gasteiger charge is 2.16. The smallest absolute Gasteiger partial charge is 0.274 e. The topological polar surface area (TPSA) is 86.8 Å². The van der Waals surface area contributed by atoms with Crippen LogP contribution in [0.5, 0.6) is 0 Å². The number of allylic oxidation sites excluding steroid dienone is 1. The summed E-state index contributed by atoms with van der Waals surface area (Å²) in [6, 6.07) is 4.02. The fraction of sp³-hybridized carbons (Fsp3) is 0.577. The van der Waals surface area contributed by atoms with Gasteiger partial charge in [0.25, 0.3) is 6.20 Å². The Bertz CT molecular complexity index is 984. The highest BCUT2D eigenvalue weighted by atomic mass is 32.2. The van der Waals surface area contributed by atoms with E-state index in [0.717, 1.165) is 65.1 Å². The molecule has 0 unspecified atom stereocenters. The zero-order valence-electron chi connectivity index (χ0n) is 21.9. The van der Waals surface area contributed by atoms with Gasteiger partial charge in [-0.25, -0.2) is 0 Å². The fourth-order valence-electron chi connectivity index (χ4n) is 4.18. The van der Waals surface area contributed by atoms with Gasteiger partial charge in [-0.15, -0.1) is 0 Å². The fourth-order valence-corrected chi connectivity index (χ4v) is 6.10. The summed E-state index contributed by atoms with van der Waals surface area (Å²) in [6.45, 7) is 5.47. The second kappa shape index (κ2) is 16.2. The molecule has 1 saturated heterocycles. The van der Waals surface area contributed by atoms with E-state index in [-0.39, 0.29) is 0 Å². The lowest BCUT2D eigenvalue weighted by Crippen LogP contribution is -2.30. The van der Waals surface area contributed by atoms with Crippen molar-refractivity contribution in [2.75, 3.05) is 64.1 Å². The highest BCUT2D eigenvalue weighted by molar-refractivity contribution is 7.99. The summed E-state index contributed by atoms with van der Waals surface area (Å²) in [4.78, 5) is 16.2. The molecular weight excluding hydrogens is 527 g/mol. The maximum absolute atomic E-state index is 11.0. The zero-order chi connectivity index (χ0) is 26.5. The Hall–Kier alpha value is -1.79. The van der Waals surface area contributed by atoms with Crippen molar-refractivity contribution in [1.82, 2.24) is 20.4 Å². The second-order valence-corrected chi connectivity index (χ2v) is 12.2. The molecule has 8 nitrogen and oxygen atoms in total. The van der Waals surface area contributed by atoms with E-state index in [1.54, 1.807) is 23.5 Å². The molecule has 1 aromatic rings. The second-order valence-electron chi connectivity index (χ2n) is 9.45. The summed E-state index contributed by atoms with van der Waals surface area (Å²) in [6.07, 6.45) is 9.00. The van der Waals surface area contributed by atoms with E-state index in [1.807, 2.05) is 26.2 Å². The normalized spacial score (nSPS) is 16.7. The van der Waals surface area contributed by atoms with Crippen molar-refractivity contribution in [3.8, 4) is 0 Å². The van der Waals surface area contributed by atoms with Crippen LogP contribution in [-0.2, 0) is 12.3 Å². The molecule has 0 amide bonds. The lowest BCUT2D eigenvalue weighted by atomic mass is 10.00. The SMILES string of the molecule is CN(C)Cc1ccc(CSCCNC(=C[N+](=O)[O-])NCCSCC2=CC(CN3CCCC3)=CCC2=S)o1. The number of hydrogen-bond donors (Lipinski definition) is 2. The first-order valence-electron chi connectivity index (χ1n) is 12.7. The van der Waals surface area contributed by atoms with Crippen LogP contribution < -0.4 is 10.6 Å². The number of nitro groups is 1. The monoisotopic (exact) mass is 565 g/mol. The molecule has 2 aliphatic rings. The molecule has 3 rings (SSSR count). The van der Waals surface area contributed by atoms with Gasteiger partial charge in [0.05, 0.1) is 17.2 Å². The molecule has 0 bridgehead atoms. The van der Waals surface area contributed by atoms with E-state index in [1.165, 1.54) is 37.1 Å². The molecule has 204 valence electrons. The summed E-state index contributed by atoms with van der Waals surface area (Å²) in [5.74, 6) is 5.65. The van der Waals surface area contributed by atoms with Crippen LogP contribution in [0.4, 0.5) is 0 Å². The summed E-state index contributed by atoms with van der Waals surface area (Å²) < 4.78 is 5.82. The Morgan fingerprint density at radius 2 is 1.84 bits per heavy atom. The number of nitrogens with zero attached hydrogens (tertiary/aromatic N) is 3. The van der Waals surface area contributed by atoms with Crippen molar-refractivity contribution in [2.24, 2.45) is 0 Å². The molecule has 1 fully saturated rings. The third-order valence-electron chi connectivity index (χ3n) is 5.92. The van der Waals surface area contributed by atoms with Gasteiger partial charge in [-0.2, -0.15) is 23.5 Å². The van der Waals surface area contributed by atoms with Gasteiger partial charge in [0.1, 0.15) is 11.5 Å². The van der Waals surface area contributed by atoms with Crippen molar-refractivity contribution >= 4 is 40.6 Å². The molecule has 11 heteroatoms. The number of likely N-dealkylation sites (tertiary alicyclic amines) is 1. The lowest BCUT2D eigenvalue weighted by Gasteiger charge is -2.20. The molecule has 1 aromatic heterocycles. The molecule has 0 atom stereocenters. The van der Waals surface area contributed by atoms with Gasteiger partial charge in [-0.1, -0.05) is 24.4 Å². The van der Waals surface area contributed by atoms with Gasteiger partial charge in [-0.05, 0) is 63.3 Å². The Labute approximate surface area is 234 Å². The first-order chi connectivity index (χ1) is 17.9. The largest absolute Gasteiger partial charge is 0.464 e. The van der Waals surface area contributed by atoms with E-state index in [2.05, 4.69) is 32.6 Å². The van der Waals surface area contributed by atoms with Crippen molar-refractivity contribution in [2.45, 2.75) is 31.6 Å². The number of furan rings is 1. The molecule has 2 heterocycles. The van der Waals surface area contributed by atoms with Crippen LogP contribution >= 0.6 is 35.7 Å². The zero-order valence-corrected chi connectivity index (χ0v) is 24.3. The van der Waals surface area contributed by atoms with E-state index >= 15 is 0 Å². The van der Waals surface area contributed by atoms with Gasteiger partial charge >= 0.3 is 0 Å². The summed E-state index contributed by atoms with van der Waals surface area (Å²) in [7, 11) is 4.02. The average molecular weight is 566 g/mol. The molecule has 1 aliphatic carbocycles. The molecule has 1 aliphatic heterocycles. The average Bonchev–Trinajstić information content (AvgIpc) is 3.51. The minimum atomic E-state index is -0.426. The molecule has 0 aromatic carbocycles. The van der Waals surface area contributed by atoms with E-state index < -0.39 is 4.92 Å². The van der Waals surface area contributed by atoms with Crippen LogP contribution in [0.2, 0.25) is 0 Å². The summed E-state index contributed by atoms with van der Waals surface area (Å²) in [5.41, 5.74) is 2.63. The van der Waals surface area contributed by atoms with Gasteiger partial charge in [-0.3, -0.25) is 15.0 Å². The minimum absolute atomic E-state index is 0.426. The third kappa shape index (κ3) is 11.6.